The van der Waals surface area contributed by atoms with Gasteiger partial charge in [0.1, 0.15) is 12.4 Å². The number of nitrogens with zero attached hydrogens (tertiary/aromatic N) is 2. The van der Waals surface area contributed by atoms with Gasteiger partial charge in [0, 0.05) is 20.1 Å². The van der Waals surface area contributed by atoms with E-state index in [1.54, 1.807) is 24.1 Å². The van der Waals surface area contributed by atoms with Crippen LogP contribution in [0.4, 0.5) is 4.39 Å². The van der Waals surface area contributed by atoms with Gasteiger partial charge >= 0.3 is 0 Å². The zero-order valence-electron chi connectivity index (χ0n) is 12.9. The van der Waals surface area contributed by atoms with Crippen LogP contribution in [-0.2, 0) is 19.1 Å². The van der Waals surface area contributed by atoms with Gasteiger partial charge < -0.3 is 19.3 Å². The molecule has 6 nitrogen and oxygen atoms in total. The Kier molecular flexibility index (Phi) is 4.58. The zero-order chi connectivity index (χ0) is 16.4. The molecule has 3 rings (SSSR count). The average Bonchev–Trinajstić information content (AvgIpc) is 2.57. The monoisotopic (exact) mass is 322 g/mol. The lowest BCUT2D eigenvalue weighted by Crippen LogP contribution is -2.55. The summed E-state index contributed by atoms with van der Waals surface area (Å²) in [5.41, 5.74) is 0.548. The molecule has 0 spiro atoms. The van der Waals surface area contributed by atoms with Crippen molar-refractivity contribution >= 4 is 11.8 Å². The lowest BCUT2D eigenvalue weighted by atomic mass is 9.97. The molecule has 0 aliphatic carbocycles. The molecule has 1 aromatic rings. The Morgan fingerprint density at radius 3 is 2.74 bits per heavy atom. The molecule has 2 aliphatic rings. The number of morpholine rings is 2. The van der Waals surface area contributed by atoms with Gasteiger partial charge in [-0.15, -0.1) is 0 Å². The minimum atomic E-state index is -0.836. The standard InChI is InChI=1S/C16H19FN2O4/c1-18-13(20)10-23-15(16(21)19-5-7-22-8-6-19)14(18)11-3-2-4-12(17)9-11/h2-4,9,14-15H,5-8,10H2,1H3/t14-,15-/m1/s1. The number of ether oxygens (including phenoxy) is 2. The fraction of sp³-hybridized carbons (Fsp3) is 0.500. The maximum absolute atomic E-state index is 13.6. The Morgan fingerprint density at radius 2 is 2.04 bits per heavy atom. The van der Waals surface area contributed by atoms with E-state index in [4.69, 9.17) is 9.47 Å². The SMILES string of the molecule is CN1C(=O)CO[C@@H](C(=O)N2CCOCC2)[C@H]1c1cccc(F)c1. The summed E-state index contributed by atoms with van der Waals surface area (Å²) in [7, 11) is 1.61. The third kappa shape index (κ3) is 3.20. The quantitative estimate of drug-likeness (QED) is 0.799. The molecule has 1 aromatic carbocycles. The molecule has 0 aromatic heterocycles. The molecule has 23 heavy (non-hydrogen) atoms. The van der Waals surface area contributed by atoms with Crippen LogP contribution in [0.1, 0.15) is 11.6 Å². The molecule has 7 heteroatoms. The van der Waals surface area contributed by atoms with E-state index in [1.807, 2.05) is 0 Å². The van der Waals surface area contributed by atoms with Gasteiger partial charge in [0.25, 0.3) is 5.91 Å². The van der Waals surface area contributed by atoms with Crippen LogP contribution in [0.3, 0.4) is 0 Å². The minimum Gasteiger partial charge on any atom is -0.378 e. The summed E-state index contributed by atoms with van der Waals surface area (Å²) in [5.74, 6) is -0.835. The van der Waals surface area contributed by atoms with Gasteiger partial charge in [-0.05, 0) is 17.7 Å². The van der Waals surface area contributed by atoms with Gasteiger partial charge in [0.2, 0.25) is 5.91 Å². The molecule has 2 atom stereocenters. The Labute approximate surface area is 133 Å². The van der Waals surface area contributed by atoms with E-state index >= 15 is 0 Å². The Bertz CT molecular complexity index is 603. The number of rotatable bonds is 2. The molecule has 2 aliphatic heterocycles. The van der Waals surface area contributed by atoms with Crippen molar-refractivity contribution < 1.29 is 23.5 Å². The fourth-order valence-corrected chi connectivity index (χ4v) is 2.97. The molecular weight excluding hydrogens is 303 g/mol. The smallest absolute Gasteiger partial charge is 0.254 e. The summed E-state index contributed by atoms with van der Waals surface area (Å²) in [6, 6.07) is 5.29. The van der Waals surface area contributed by atoms with Crippen LogP contribution < -0.4 is 0 Å². The maximum atomic E-state index is 13.6. The van der Waals surface area contributed by atoms with E-state index in [-0.39, 0.29) is 18.4 Å². The van der Waals surface area contributed by atoms with Crippen LogP contribution >= 0.6 is 0 Å². The number of halogens is 1. The Morgan fingerprint density at radius 1 is 1.30 bits per heavy atom. The van der Waals surface area contributed by atoms with E-state index in [9.17, 15) is 14.0 Å². The van der Waals surface area contributed by atoms with Crippen LogP contribution in [0.25, 0.3) is 0 Å². The predicted octanol–water partition coefficient (Wildman–Crippen LogP) is 0.583. The first-order valence-corrected chi connectivity index (χ1v) is 7.57. The van der Waals surface area contributed by atoms with Crippen LogP contribution in [0, 0.1) is 5.82 Å². The number of amides is 2. The number of carbonyl (C=O) groups excluding carboxylic acids is 2. The van der Waals surface area contributed by atoms with Gasteiger partial charge in [-0.1, -0.05) is 12.1 Å². The first-order chi connectivity index (χ1) is 11.1. The molecule has 0 N–H and O–H groups in total. The van der Waals surface area contributed by atoms with Gasteiger partial charge in [0.15, 0.2) is 6.10 Å². The summed E-state index contributed by atoms with van der Waals surface area (Å²) < 4.78 is 24.4. The van der Waals surface area contributed by atoms with E-state index < -0.39 is 18.0 Å². The van der Waals surface area contributed by atoms with Crippen molar-refractivity contribution in [1.29, 1.82) is 0 Å². The summed E-state index contributed by atoms with van der Waals surface area (Å²) in [5, 5.41) is 0. The molecule has 0 bridgehead atoms. The largest absolute Gasteiger partial charge is 0.378 e. The van der Waals surface area contributed by atoms with E-state index in [1.165, 1.54) is 17.0 Å². The van der Waals surface area contributed by atoms with Crippen LogP contribution in [0.15, 0.2) is 24.3 Å². The van der Waals surface area contributed by atoms with Gasteiger partial charge in [-0.25, -0.2) is 4.39 Å². The fourth-order valence-electron chi connectivity index (χ4n) is 2.97. The number of hydrogen-bond donors (Lipinski definition) is 0. The molecule has 2 heterocycles. The van der Waals surface area contributed by atoms with Gasteiger partial charge in [-0.2, -0.15) is 0 Å². The van der Waals surface area contributed by atoms with Crippen molar-refractivity contribution in [2.45, 2.75) is 12.1 Å². The second-order valence-corrected chi connectivity index (χ2v) is 5.67. The van der Waals surface area contributed by atoms with E-state index in [0.29, 0.717) is 31.9 Å². The molecule has 124 valence electrons. The van der Waals surface area contributed by atoms with Crippen molar-refractivity contribution in [3.63, 3.8) is 0 Å². The molecule has 0 unspecified atom stereocenters. The molecule has 2 amide bonds. The van der Waals surface area contributed by atoms with Crippen LogP contribution in [0.5, 0.6) is 0 Å². The van der Waals surface area contributed by atoms with Crippen molar-refractivity contribution in [3.05, 3.63) is 35.6 Å². The lowest BCUT2D eigenvalue weighted by molar-refractivity contribution is -0.169. The number of benzene rings is 1. The van der Waals surface area contributed by atoms with Gasteiger partial charge in [0.05, 0.1) is 19.3 Å². The normalized spacial score (nSPS) is 25.6. The minimum absolute atomic E-state index is 0.150. The number of hydrogen-bond acceptors (Lipinski definition) is 4. The van der Waals surface area contributed by atoms with Crippen molar-refractivity contribution in [3.8, 4) is 0 Å². The second-order valence-electron chi connectivity index (χ2n) is 5.67. The maximum Gasteiger partial charge on any atom is 0.254 e. The Hall–Kier alpha value is -1.99. The zero-order valence-corrected chi connectivity index (χ0v) is 12.9. The third-order valence-corrected chi connectivity index (χ3v) is 4.24. The molecule has 2 fully saturated rings. The summed E-state index contributed by atoms with van der Waals surface area (Å²) in [4.78, 5) is 27.9. The first kappa shape index (κ1) is 15.9. The Balaban J connectivity index is 1.89. The van der Waals surface area contributed by atoms with Crippen molar-refractivity contribution in [2.75, 3.05) is 40.0 Å². The molecule has 2 saturated heterocycles. The topological polar surface area (TPSA) is 59.1 Å². The highest BCUT2D eigenvalue weighted by Crippen LogP contribution is 2.30. The molecule has 0 radical (unpaired) electrons. The lowest BCUT2D eigenvalue weighted by Gasteiger charge is -2.40. The number of carbonyl (C=O) groups is 2. The van der Waals surface area contributed by atoms with Crippen molar-refractivity contribution in [2.24, 2.45) is 0 Å². The summed E-state index contributed by atoms with van der Waals surface area (Å²) in [6.07, 6.45) is -0.836. The number of likely N-dealkylation sites (N-methyl/N-ethyl adjacent to an activating group) is 1. The summed E-state index contributed by atoms with van der Waals surface area (Å²) in [6.45, 7) is 1.80. The second kappa shape index (κ2) is 6.64. The van der Waals surface area contributed by atoms with E-state index in [2.05, 4.69) is 0 Å². The van der Waals surface area contributed by atoms with Crippen molar-refractivity contribution in [1.82, 2.24) is 9.80 Å². The molecule has 0 saturated carbocycles. The third-order valence-electron chi connectivity index (χ3n) is 4.24. The van der Waals surface area contributed by atoms with Gasteiger partial charge in [-0.3, -0.25) is 9.59 Å². The highest BCUT2D eigenvalue weighted by Gasteiger charge is 2.42. The van der Waals surface area contributed by atoms with E-state index in [0.717, 1.165) is 0 Å². The highest BCUT2D eigenvalue weighted by atomic mass is 19.1. The first-order valence-electron chi connectivity index (χ1n) is 7.57. The summed E-state index contributed by atoms with van der Waals surface area (Å²) >= 11 is 0. The van der Waals surface area contributed by atoms with Crippen LogP contribution in [-0.4, -0.2) is 67.7 Å². The average molecular weight is 322 g/mol. The highest BCUT2D eigenvalue weighted by molar-refractivity contribution is 5.86. The predicted molar refractivity (Wildman–Crippen MR) is 79.1 cm³/mol. The molecular formula is C16H19FN2O4. The van der Waals surface area contributed by atoms with Crippen LogP contribution in [0.2, 0.25) is 0 Å².